The second-order valence-corrected chi connectivity index (χ2v) is 9.97. The zero-order chi connectivity index (χ0) is 21.7. The molecule has 0 bridgehead atoms. The monoisotopic (exact) mass is 436 g/mol. The first kappa shape index (κ1) is 20.6. The number of rotatable bonds is 6. The normalized spacial score (nSPS) is 16.5. The molecule has 0 amide bonds. The average Bonchev–Trinajstić information content (AvgIpc) is 3.17. The summed E-state index contributed by atoms with van der Waals surface area (Å²) < 4.78 is 58.0. The molecular weight excluding hydrogens is 414 g/mol. The molecule has 4 rings (SSSR count). The molecule has 1 aromatic carbocycles. The Morgan fingerprint density at radius 2 is 1.93 bits per heavy atom. The van der Waals surface area contributed by atoms with E-state index >= 15 is 0 Å². The first-order valence-corrected chi connectivity index (χ1v) is 11.3. The molecular formula is C21H22F2N2O4S. The number of nitrogens with zero attached hydrogens (tertiary/aromatic N) is 2. The van der Waals surface area contributed by atoms with Gasteiger partial charge in [0, 0.05) is 36.1 Å². The molecule has 1 aromatic rings. The van der Waals surface area contributed by atoms with E-state index in [1.807, 2.05) is 0 Å². The predicted octanol–water partition coefficient (Wildman–Crippen LogP) is 4.42. The number of aryl methyl sites for hydroxylation is 1. The van der Waals surface area contributed by atoms with Gasteiger partial charge >= 0.3 is 0 Å². The Morgan fingerprint density at radius 3 is 2.60 bits per heavy atom. The smallest absolute Gasteiger partial charge is 0.248 e. The van der Waals surface area contributed by atoms with Crippen molar-refractivity contribution in [1.29, 1.82) is 0 Å². The first-order chi connectivity index (χ1) is 14.1. The minimum Gasteiger partial charge on any atom is -0.493 e. The quantitative estimate of drug-likeness (QED) is 0.579. The van der Waals surface area contributed by atoms with Crippen LogP contribution in [0.2, 0.25) is 0 Å². The molecule has 160 valence electrons. The summed E-state index contributed by atoms with van der Waals surface area (Å²) in [5.41, 5.74) is 2.28. The van der Waals surface area contributed by atoms with Crippen molar-refractivity contribution in [2.75, 3.05) is 12.4 Å². The molecule has 2 aliphatic heterocycles. The SMILES string of the molecule is CCS(=O)(=O)c1ccc(OCC2CC(F)(F)C2)c(-c2cc(C)n(O)c3nccc2-3)c1. The first-order valence-electron chi connectivity index (χ1n) is 9.65. The van der Waals surface area contributed by atoms with Gasteiger partial charge in [-0.25, -0.2) is 22.2 Å². The lowest BCUT2D eigenvalue weighted by Crippen LogP contribution is -2.38. The largest absolute Gasteiger partial charge is 0.493 e. The predicted molar refractivity (Wildman–Crippen MR) is 107 cm³/mol. The lowest BCUT2D eigenvalue weighted by Gasteiger charge is -2.34. The van der Waals surface area contributed by atoms with Gasteiger partial charge in [0.15, 0.2) is 15.7 Å². The van der Waals surface area contributed by atoms with Crippen LogP contribution in [-0.4, -0.2) is 41.6 Å². The highest BCUT2D eigenvalue weighted by atomic mass is 32.2. The van der Waals surface area contributed by atoms with Crippen molar-refractivity contribution in [3.8, 4) is 28.3 Å². The summed E-state index contributed by atoms with van der Waals surface area (Å²) in [5, 5.41) is 10.2. The molecule has 0 unspecified atom stereocenters. The molecule has 9 heteroatoms. The summed E-state index contributed by atoms with van der Waals surface area (Å²) in [6.45, 7) is 3.38. The minimum atomic E-state index is -3.47. The number of hydrogen-bond acceptors (Lipinski definition) is 5. The van der Waals surface area contributed by atoms with Crippen LogP contribution in [0.4, 0.5) is 8.78 Å². The number of ether oxygens (including phenoxy) is 1. The molecule has 0 saturated heterocycles. The standard InChI is InChI=1S/C21H22F2N2O4S/c1-3-30(27,28)15-4-5-19(29-12-14-10-21(22,23)11-14)18(9-15)17-8-13(2)25(26)20-16(17)6-7-24-20/h4-9,14,26H,3,10-12H2,1-2H3. The molecule has 0 aromatic heterocycles. The van der Waals surface area contributed by atoms with Gasteiger partial charge in [-0.3, -0.25) is 0 Å². The molecule has 6 nitrogen and oxygen atoms in total. The fourth-order valence-electron chi connectivity index (χ4n) is 3.76. The fourth-order valence-corrected chi connectivity index (χ4v) is 4.67. The molecule has 0 spiro atoms. The summed E-state index contributed by atoms with van der Waals surface area (Å²) in [6, 6.07) is 7.99. The maximum Gasteiger partial charge on any atom is 0.248 e. The van der Waals surface area contributed by atoms with Gasteiger partial charge in [0.25, 0.3) is 0 Å². The van der Waals surface area contributed by atoms with Crippen LogP contribution in [0, 0.1) is 12.8 Å². The minimum absolute atomic E-state index is 0.0540. The number of pyridine rings is 1. The van der Waals surface area contributed by atoms with Crippen LogP contribution >= 0.6 is 0 Å². The Balaban J connectivity index is 1.79. The zero-order valence-corrected chi connectivity index (χ0v) is 17.4. The van der Waals surface area contributed by atoms with E-state index in [9.17, 15) is 22.4 Å². The van der Waals surface area contributed by atoms with Crippen LogP contribution in [0.1, 0.15) is 25.5 Å². The van der Waals surface area contributed by atoms with E-state index in [0.717, 1.165) is 4.73 Å². The third kappa shape index (κ3) is 3.62. The van der Waals surface area contributed by atoms with Gasteiger partial charge in [0.05, 0.1) is 22.9 Å². The topological polar surface area (TPSA) is 81.4 Å². The number of hydrogen-bond donors (Lipinski definition) is 1. The van der Waals surface area contributed by atoms with E-state index in [1.165, 1.54) is 12.1 Å². The Morgan fingerprint density at radius 1 is 1.20 bits per heavy atom. The van der Waals surface area contributed by atoms with Gasteiger partial charge < -0.3 is 9.94 Å². The Bertz CT molecular complexity index is 1170. The number of aromatic nitrogens is 2. The van der Waals surface area contributed by atoms with Gasteiger partial charge in [-0.15, -0.1) is 0 Å². The maximum absolute atomic E-state index is 13.1. The number of benzene rings is 1. The molecule has 1 N–H and O–H groups in total. The van der Waals surface area contributed by atoms with Crippen LogP contribution in [0.15, 0.2) is 41.4 Å². The highest BCUT2D eigenvalue weighted by Crippen LogP contribution is 2.44. The van der Waals surface area contributed by atoms with Crippen LogP contribution in [0.5, 0.6) is 5.75 Å². The van der Waals surface area contributed by atoms with Gasteiger partial charge in [-0.1, -0.05) is 6.92 Å². The van der Waals surface area contributed by atoms with E-state index in [4.69, 9.17) is 4.74 Å². The molecule has 1 saturated carbocycles. The average molecular weight is 436 g/mol. The molecule has 0 atom stereocenters. The second kappa shape index (κ2) is 7.23. The maximum atomic E-state index is 13.1. The molecule has 0 radical (unpaired) electrons. The summed E-state index contributed by atoms with van der Waals surface area (Å²) in [7, 11) is -3.47. The van der Waals surface area contributed by atoms with Crippen LogP contribution < -0.4 is 4.74 Å². The van der Waals surface area contributed by atoms with Crippen molar-refractivity contribution in [3.05, 3.63) is 42.2 Å². The van der Waals surface area contributed by atoms with Crippen LogP contribution in [0.25, 0.3) is 22.5 Å². The third-order valence-electron chi connectivity index (χ3n) is 5.49. The molecule has 3 aliphatic rings. The Kier molecular flexibility index (Phi) is 4.96. The lowest BCUT2D eigenvalue weighted by molar-refractivity contribution is -0.119. The van der Waals surface area contributed by atoms with E-state index in [0.29, 0.717) is 34.0 Å². The molecule has 1 fully saturated rings. The fraction of sp³-hybridized carbons (Fsp3) is 0.381. The van der Waals surface area contributed by atoms with Gasteiger partial charge in [-0.05, 0) is 42.8 Å². The lowest BCUT2D eigenvalue weighted by atomic mass is 9.82. The molecule has 2 heterocycles. The van der Waals surface area contributed by atoms with Crippen molar-refractivity contribution < 1.29 is 27.1 Å². The zero-order valence-electron chi connectivity index (χ0n) is 16.6. The van der Waals surface area contributed by atoms with E-state index in [1.54, 1.807) is 38.2 Å². The third-order valence-corrected chi connectivity index (χ3v) is 7.22. The highest BCUT2D eigenvalue weighted by Gasteiger charge is 2.45. The van der Waals surface area contributed by atoms with Crippen LogP contribution in [-0.2, 0) is 9.84 Å². The summed E-state index contributed by atoms with van der Waals surface area (Å²) in [4.78, 5) is 4.31. The van der Waals surface area contributed by atoms with Crippen molar-refractivity contribution in [1.82, 2.24) is 9.71 Å². The Labute approximate surface area is 173 Å². The number of alkyl halides is 2. The van der Waals surface area contributed by atoms with Crippen molar-refractivity contribution in [3.63, 3.8) is 0 Å². The summed E-state index contributed by atoms with van der Waals surface area (Å²) >= 11 is 0. The van der Waals surface area contributed by atoms with E-state index < -0.39 is 15.8 Å². The molecule has 30 heavy (non-hydrogen) atoms. The number of sulfone groups is 1. The van der Waals surface area contributed by atoms with Crippen molar-refractivity contribution in [2.24, 2.45) is 5.92 Å². The van der Waals surface area contributed by atoms with Gasteiger partial charge in [-0.2, -0.15) is 4.73 Å². The highest BCUT2D eigenvalue weighted by molar-refractivity contribution is 7.91. The summed E-state index contributed by atoms with van der Waals surface area (Å²) in [5.74, 6) is -2.20. The Hall–Kier alpha value is -2.68. The van der Waals surface area contributed by atoms with Crippen molar-refractivity contribution in [2.45, 2.75) is 37.5 Å². The van der Waals surface area contributed by atoms with Crippen LogP contribution in [0.3, 0.4) is 0 Å². The second-order valence-electron chi connectivity index (χ2n) is 7.70. The number of fused-ring (bicyclic) bond motifs is 1. The van der Waals surface area contributed by atoms with E-state index in [-0.39, 0.29) is 36.0 Å². The van der Waals surface area contributed by atoms with Crippen molar-refractivity contribution >= 4 is 9.84 Å². The van der Waals surface area contributed by atoms with E-state index in [2.05, 4.69) is 4.98 Å². The van der Waals surface area contributed by atoms with Gasteiger partial charge in [0.2, 0.25) is 5.92 Å². The summed E-state index contributed by atoms with van der Waals surface area (Å²) in [6.07, 6.45) is 1.12. The van der Waals surface area contributed by atoms with Gasteiger partial charge in [0.1, 0.15) is 5.75 Å². The molecule has 1 aliphatic carbocycles. The number of halogens is 2.